The maximum Gasteiger partial charge on any atom is 0.251 e. The molecule has 2 aromatic carbocycles. The van der Waals surface area contributed by atoms with Gasteiger partial charge in [0.1, 0.15) is 40.0 Å². The lowest BCUT2D eigenvalue weighted by molar-refractivity contribution is 0.00945. The van der Waals surface area contributed by atoms with Gasteiger partial charge in [0, 0.05) is 29.3 Å². The van der Waals surface area contributed by atoms with E-state index in [-0.39, 0.29) is 30.3 Å². The van der Waals surface area contributed by atoms with E-state index in [1.165, 1.54) is 30.6 Å². The summed E-state index contributed by atoms with van der Waals surface area (Å²) < 4.78 is 28.2. The Morgan fingerprint density at radius 2 is 2.09 bits per heavy atom. The summed E-state index contributed by atoms with van der Waals surface area (Å²) in [6.45, 7) is -0.0725. The lowest BCUT2D eigenvalue weighted by Gasteiger charge is -2.30. The molecule has 5 aromatic rings. The van der Waals surface area contributed by atoms with Gasteiger partial charge in [0.05, 0.1) is 30.2 Å². The molecule has 3 aliphatic rings. The number of carbonyl (C=O) groups excluding carboxylic acids is 1. The van der Waals surface area contributed by atoms with E-state index in [2.05, 4.69) is 20.6 Å². The van der Waals surface area contributed by atoms with Crippen LogP contribution in [-0.4, -0.2) is 55.7 Å². The molecule has 13 heteroatoms. The number of nitrogens with zero attached hydrogens (tertiary/aromatic N) is 5. The van der Waals surface area contributed by atoms with Crippen LogP contribution in [0, 0.1) is 11.7 Å². The van der Waals surface area contributed by atoms with Crippen LogP contribution >= 0.6 is 11.3 Å². The van der Waals surface area contributed by atoms with E-state index in [0.29, 0.717) is 51.1 Å². The number of fused-ring (bicyclic) bond motifs is 4. The second-order valence-electron chi connectivity index (χ2n) is 11.3. The standard InChI is InChI=1S/C30H26FN7O4S/c1-41-20-10-16(11-21-25(20)36-28(32)43-21)27(39)33-14-30(40,17-4-5-17)22-12-19-26(24(35-22)15-2-6-18(31)7-3-15)42-23-13-29(19,23)38-9-8-34-37-38/h2-3,6-12,17,23,40H,4-5,13-14H2,1H3,(H2,32,36)(H,33,39)/t23?,29-,30?/m1/s1. The first-order valence-corrected chi connectivity index (χ1v) is 14.7. The zero-order valence-electron chi connectivity index (χ0n) is 23.0. The molecule has 218 valence electrons. The van der Waals surface area contributed by atoms with Gasteiger partial charge in [-0.2, -0.15) is 0 Å². The van der Waals surface area contributed by atoms with Gasteiger partial charge >= 0.3 is 0 Å². The highest BCUT2D eigenvalue weighted by Gasteiger charge is 2.67. The van der Waals surface area contributed by atoms with Crippen molar-refractivity contribution in [1.29, 1.82) is 0 Å². The normalized spacial score (nSPS) is 21.5. The highest BCUT2D eigenvalue weighted by Crippen LogP contribution is 2.62. The van der Waals surface area contributed by atoms with Crippen LogP contribution in [0.5, 0.6) is 11.5 Å². The first-order valence-electron chi connectivity index (χ1n) is 13.9. The number of nitrogens with one attached hydrogen (secondary N) is 1. The first-order chi connectivity index (χ1) is 20.8. The number of halogens is 1. The van der Waals surface area contributed by atoms with Crippen molar-refractivity contribution in [3.05, 3.63) is 77.5 Å². The smallest absolute Gasteiger partial charge is 0.251 e. The molecule has 4 N–H and O–H groups in total. The predicted octanol–water partition coefficient (Wildman–Crippen LogP) is 3.62. The minimum absolute atomic E-state index is 0.0725. The number of carbonyl (C=O) groups is 1. The Labute approximate surface area is 248 Å². The highest BCUT2D eigenvalue weighted by molar-refractivity contribution is 7.22. The Balaban J connectivity index is 1.19. The van der Waals surface area contributed by atoms with Gasteiger partial charge < -0.3 is 25.6 Å². The summed E-state index contributed by atoms with van der Waals surface area (Å²) in [4.78, 5) is 22.7. The number of rotatable bonds is 8. The number of anilines is 1. The van der Waals surface area contributed by atoms with Crippen LogP contribution in [0.1, 0.15) is 40.9 Å². The fourth-order valence-corrected chi connectivity index (χ4v) is 6.99. The Morgan fingerprint density at radius 1 is 1.28 bits per heavy atom. The molecule has 0 radical (unpaired) electrons. The zero-order valence-corrected chi connectivity index (χ0v) is 23.8. The van der Waals surface area contributed by atoms with E-state index >= 15 is 0 Å². The zero-order chi connectivity index (χ0) is 29.5. The molecule has 2 unspecified atom stereocenters. The summed E-state index contributed by atoms with van der Waals surface area (Å²) >= 11 is 1.26. The maximum atomic E-state index is 13.9. The number of benzene rings is 2. The molecule has 1 amide bonds. The van der Waals surface area contributed by atoms with E-state index in [1.54, 1.807) is 41.3 Å². The van der Waals surface area contributed by atoms with Crippen LogP contribution in [0.2, 0.25) is 0 Å². The van der Waals surface area contributed by atoms with Crippen molar-refractivity contribution in [1.82, 2.24) is 30.3 Å². The van der Waals surface area contributed by atoms with Crippen LogP contribution in [0.15, 0.2) is 54.9 Å². The second-order valence-corrected chi connectivity index (χ2v) is 12.3. The van der Waals surface area contributed by atoms with E-state index in [0.717, 1.165) is 23.1 Å². The Hall–Kier alpha value is -4.62. The van der Waals surface area contributed by atoms with Crippen LogP contribution < -0.4 is 20.5 Å². The van der Waals surface area contributed by atoms with E-state index in [4.69, 9.17) is 20.2 Å². The number of nitrogens with two attached hydrogens (primary N) is 1. The maximum absolute atomic E-state index is 13.9. The molecule has 2 aliphatic carbocycles. The monoisotopic (exact) mass is 599 g/mol. The minimum atomic E-state index is -1.47. The number of hydrogen-bond acceptors (Lipinski definition) is 10. The Morgan fingerprint density at radius 3 is 2.81 bits per heavy atom. The second kappa shape index (κ2) is 9.19. The van der Waals surface area contributed by atoms with E-state index in [9.17, 15) is 14.3 Å². The number of aromatic nitrogens is 5. The quantitative estimate of drug-likeness (QED) is 0.243. The predicted molar refractivity (Wildman–Crippen MR) is 155 cm³/mol. The molecule has 11 nitrogen and oxygen atoms in total. The van der Waals surface area contributed by atoms with Gasteiger partial charge in [-0.15, -0.1) is 5.10 Å². The number of methoxy groups -OCH3 is 1. The van der Waals surface area contributed by atoms with Gasteiger partial charge in [-0.1, -0.05) is 16.6 Å². The third kappa shape index (κ3) is 3.98. The van der Waals surface area contributed by atoms with Gasteiger partial charge in [0.15, 0.2) is 10.9 Å². The van der Waals surface area contributed by atoms with Crippen molar-refractivity contribution >= 4 is 32.6 Å². The number of hydrogen-bond donors (Lipinski definition) is 3. The molecule has 3 atom stereocenters. The first kappa shape index (κ1) is 26.0. The SMILES string of the molecule is COc1cc(C(=O)NCC(O)(c2cc3c(c(-c4ccc(F)cc4)n2)OC2C[C@@]32n2ccnn2)C2CC2)cc2sc(N)nc12. The number of nitrogen functional groups attached to an aromatic ring is 1. The molecular weight excluding hydrogens is 573 g/mol. The Kier molecular flexibility index (Phi) is 5.56. The highest BCUT2D eigenvalue weighted by atomic mass is 32.1. The molecule has 8 rings (SSSR count). The van der Waals surface area contributed by atoms with E-state index < -0.39 is 11.1 Å². The fraction of sp³-hybridized carbons (Fsp3) is 0.300. The number of aliphatic hydroxyl groups is 1. The molecule has 4 heterocycles. The summed E-state index contributed by atoms with van der Waals surface area (Å²) in [6.07, 6.45) is 5.51. The molecule has 2 fully saturated rings. The average Bonchev–Trinajstić information content (AvgIpc) is 3.84. The van der Waals surface area contributed by atoms with Crippen molar-refractivity contribution in [2.45, 2.75) is 36.5 Å². The lowest BCUT2D eigenvalue weighted by Crippen LogP contribution is -2.43. The topological polar surface area (TPSA) is 150 Å². The van der Waals surface area contributed by atoms with Crippen molar-refractivity contribution in [2.75, 3.05) is 19.4 Å². The number of amides is 1. The van der Waals surface area contributed by atoms with Crippen LogP contribution in [0.3, 0.4) is 0 Å². The molecule has 43 heavy (non-hydrogen) atoms. The number of thiazole rings is 1. The van der Waals surface area contributed by atoms with Crippen LogP contribution in [-0.2, 0) is 11.1 Å². The lowest BCUT2D eigenvalue weighted by atomic mass is 9.89. The van der Waals surface area contributed by atoms with Gasteiger partial charge in [-0.3, -0.25) is 4.79 Å². The number of ether oxygens (including phenoxy) is 2. The third-order valence-corrected chi connectivity index (χ3v) is 9.52. The molecule has 3 aromatic heterocycles. The molecule has 0 bridgehead atoms. The molecule has 0 spiro atoms. The largest absolute Gasteiger partial charge is 0.494 e. The van der Waals surface area contributed by atoms with Crippen LogP contribution in [0.25, 0.3) is 21.5 Å². The summed E-state index contributed by atoms with van der Waals surface area (Å²) in [7, 11) is 1.51. The van der Waals surface area contributed by atoms with Gasteiger partial charge in [0.2, 0.25) is 0 Å². The van der Waals surface area contributed by atoms with Gasteiger partial charge in [0.25, 0.3) is 5.91 Å². The molecule has 1 aliphatic heterocycles. The third-order valence-electron chi connectivity index (χ3n) is 8.69. The number of pyridine rings is 1. The van der Waals surface area contributed by atoms with Crippen molar-refractivity contribution in [3.63, 3.8) is 0 Å². The van der Waals surface area contributed by atoms with Crippen molar-refractivity contribution in [2.24, 2.45) is 5.92 Å². The molecular formula is C30H26FN7O4S. The summed E-state index contributed by atoms with van der Waals surface area (Å²) in [6, 6.07) is 11.2. The molecule has 0 saturated heterocycles. The minimum Gasteiger partial charge on any atom is -0.494 e. The fourth-order valence-electron chi connectivity index (χ4n) is 6.20. The van der Waals surface area contributed by atoms with Crippen LogP contribution in [0.4, 0.5) is 9.52 Å². The van der Waals surface area contributed by atoms with Crippen molar-refractivity contribution in [3.8, 4) is 22.8 Å². The van der Waals surface area contributed by atoms with Gasteiger partial charge in [-0.25, -0.2) is 19.0 Å². The summed E-state index contributed by atoms with van der Waals surface area (Å²) in [5.41, 5.74) is 7.19. The van der Waals surface area contributed by atoms with E-state index in [1.807, 2.05) is 6.07 Å². The summed E-state index contributed by atoms with van der Waals surface area (Å²) in [5.74, 6) is 0.156. The molecule has 2 saturated carbocycles. The van der Waals surface area contributed by atoms with Crippen molar-refractivity contribution < 1.29 is 23.8 Å². The Bertz CT molecular complexity index is 1910. The van der Waals surface area contributed by atoms with Gasteiger partial charge in [-0.05, 0) is 61.2 Å². The summed E-state index contributed by atoms with van der Waals surface area (Å²) in [5, 5.41) is 23.9. The average molecular weight is 600 g/mol.